The molecule has 1 N–H and O–H groups in total. The van der Waals surface area contributed by atoms with Gasteiger partial charge in [0.15, 0.2) is 6.61 Å². The zero-order valence-electron chi connectivity index (χ0n) is 14.9. The molecule has 0 aliphatic rings. The monoisotopic (exact) mass is 427 g/mol. The van der Waals surface area contributed by atoms with Gasteiger partial charge < -0.3 is 14.8 Å². The van der Waals surface area contributed by atoms with Crippen molar-refractivity contribution in [1.82, 2.24) is 0 Å². The normalized spacial score (nSPS) is 10.5. The van der Waals surface area contributed by atoms with Crippen LogP contribution in [-0.4, -0.2) is 25.6 Å². The summed E-state index contributed by atoms with van der Waals surface area (Å²) in [5.41, 5.74) is 1.60. The highest BCUT2D eigenvalue weighted by atomic mass is 79.9. The maximum Gasteiger partial charge on any atom is 0.338 e. The lowest BCUT2D eigenvalue weighted by molar-refractivity contribution is -0.118. The predicted octanol–water partition coefficient (Wildman–Crippen LogP) is 4.71. The van der Waals surface area contributed by atoms with E-state index in [1.807, 2.05) is 36.4 Å². The van der Waals surface area contributed by atoms with Crippen molar-refractivity contribution in [2.24, 2.45) is 0 Å². The second-order valence-corrected chi connectivity index (χ2v) is 6.70. The number of ether oxygens (including phenoxy) is 2. The number of carbonyl (C=O) groups is 2. The molecule has 0 aliphatic carbocycles. The molecule has 5 nitrogen and oxygen atoms in total. The highest BCUT2D eigenvalue weighted by molar-refractivity contribution is 9.10. The first-order valence-electron chi connectivity index (χ1n) is 8.29. The van der Waals surface area contributed by atoms with Crippen LogP contribution in [0, 0.1) is 6.92 Å². The van der Waals surface area contributed by atoms with Crippen LogP contribution in [0.1, 0.15) is 15.9 Å². The quantitative estimate of drug-likeness (QED) is 0.598. The lowest BCUT2D eigenvalue weighted by Crippen LogP contribution is -2.21. The summed E-state index contributed by atoms with van der Waals surface area (Å²) >= 11 is 3.54. The highest BCUT2D eigenvalue weighted by Gasteiger charge is 2.14. The standard InChI is InChI=1S/C21H18BrNO4/c1-13-15(21(25)26-2)8-5-9-17(13)23-19(24)12-27-18-11-10-14-6-3-4-7-16(14)20(18)22/h3-11H,12H2,1-2H3,(H,23,24). The molecule has 0 spiro atoms. The third-order valence-corrected chi connectivity index (χ3v) is 5.02. The van der Waals surface area contributed by atoms with E-state index in [1.165, 1.54) is 7.11 Å². The van der Waals surface area contributed by atoms with Gasteiger partial charge in [-0.3, -0.25) is 4.79 Å². The second-order valence-electron chi connectivity index (χ2n) is 5.91. The van der Waals surface area contributed by atoms with E-state index in [2.05, 4.69) is 21.2 Å². The molecule has 0 saturated carbocycles. The van der Waals surface area contributed by atoms with E-state index in [1.54, 1.807) is 25.1 Å². The molecule has 0 atom stereocenters. The third-order valence-electron chi connectivity index (χ3n) is 4.20. The lowest BCUT2D eigenvalue weighted by atomic mass is 10.1. The molecule has 1 amide bonds. The van der Waals surface area contributed by atoms with Crippen LogP contribution < -0.4 is 10.1 Å². The van der Waals surface area contributed by atoms with Crippen molar-refractivity contribution < 1.29 is 19.1 Å². The molecular formula is C21H18BrNO4. The van der Waals surface area contributed by atoms with Crippen LogP contribution in [0.15, 0.2) is 59.1 Å². The Morgan fingerprint density at radius 2 is 1.81 bits per heavy atom. The van der Waals surface area contributed by atoms with Crippen molar-refractivity contribution in [3.63, 3.8) is 0 Å². The molecule has 0 heterocycles. The number of nitrogens with one attached hydrogen (secondary N) is 1. The van der Waals surface area contributed by atoms with E-state index in [4.69, 9.17) is 9.47 Å². The number of anilines is 1. The number of methoxy groups -OCH3 is 1. The molecule has 0 radical (unpaired) electrons. The Labute approximate surface area is 165 Å². The maximum atomic E-state index is 12.3. The zero-order chi connectivity index (χ0) is 19.4. The number of benzene rings is 3. The minimum absolute atomic E-state index is 0.154. The molecule has 0 saturated heterocycles. The van der Waals surface area contributed by atoms with Crippen LogP contribution in [0.25, 0.3) is 10.8 Å². The molecule has 27 heavy (non-hydrogen) atoms. The van der Waals surface area contributed by atoms with Crippen molar-refractivity contribution in [3.05, 3.63) is 70.2 Å². The van der Waals surface area contributed by atoms with Gasteiger partial charge in [0.1, 0.15) is 5.75 Å². The summed E-state index contributed by atoms with van der Waals surface area (Å²) in [7, 11) is 1.32. The van der Waals surface area contributed by atoms with Gasteiger partial charge in [-0.05, 0) is 57.4 Å². The summed E-state index contributed by atoms with van der Waals surface area (Å²) in [5.74, 6) is -0.177. The average Bonchev–Trinajstić information content (AvgIpc) is 2.68. The van der Waals surface area contributed by atoms with Crippen LogP contribution in [0.4, 0.5) is 5.69 Å². The molecular weight excluding hydrogens is 410 g/mol. The molecule has 0 aromatic heterocycles. The van der Waals surface area contributed by atoms with Gasteiger partial charge in [0, 0.05) is 5.69 Å². The lowest BCUT2D eigenvalue weighted by Gasteiger charge is -2.13. The summed E-state index contributed by atoms with van der Waals surface area (Å²) in [5, 5.41) is 4.86. The van der Waals surface area contributed by atoms with Gasteiger partial charge in [-0.25, -0.2) is 4.79 Å². The fourth-order valence-electron chi connectivity index (χ4n) is 2.76. The first-order chi connectivity index (χ1) is 13.0. The van der Waals surface area contributed by atoms with E-state index in [0.29, 0.717) is 22.6 Å². The molecule has 6 heteroatoms. The number of hydrogen-bond acceptors (Lipinski definition) is 4. The Morgan fingerprint density at radius 3 is 2.59 bits per heavy atom. The largest absolute Gasteiger partial charge is 0.483 e. The number of halogens is 1. The number of esters is 1. The minimum atomic E-state index is -0.444. The average molecular weight is 428 g/mol. The number of fused-ring (bicyclic) bond motifs is 1. The van der Waals surface area contributed by atoms with Crippen LogP contribution in [-0.2, 0) is 9.53 Å². The van der Waals surface area contributed by atoms with Gasteiger partial charge in [-0.15, -0.1) is 0 Å². The van der Waals surface area contributed by atoms with Crippen molar-refractivity contribution >= 4 is 44.3 Å². The number of rotatable bonds is 5. The van der Waals surface area contributed by atoms with Crippen LogP contribution in [0.5, 0.6) is 5.75 Å². The van der Waals surface area contributed by atoms with Gasteiger partial charge in [0.25, 0.3) is 5.91 Å². The predicted molar refractivity (Wildman–Crippen MR) is 108 cm³/mol. The number of carbonyl (C=O) groups excluding carboxylic acids is 2. The zero-order valence-corrected chi connectivity index (χ0v) is 16.5. The molecule has 138 valence electrons. The van der Waals surface area contributed by atoms with Crippen molar-refractivity contribution in [2.75, 3.05) is 19.0 Å². The van der Waals surface area contributed by atoms with Crippen LogP contribution in [0.2, 0.25) is 0 Å². The molecule has 0 fully saturated rings. The molecule has 3 aromatic carbocycles. The highest BCUT2D eigenvalue weighted by Crippen LogP contribution is 2.33. The van der Waals surface area contributed by atoms with E-state index in [-0.39, 0.29) is 12.5 Å². The van der Waals surface area contributed by atoms with Gasteiger partial charge in [-0.1, -0.05) is 36.4 Å². The molecule has 0 bridgehead atoms. The fourth-order valence-corrected chi connectivity index (χ4v) is 3.36. The fraction of sp³-hybridized carbons (Fsp3) is 0.143. The SMILES string of the molecule is COC(=O)c1cccc(NC(=O)COc2ccc3ccccc3c2Br)c1C. The van der Waals surface area contributed by atoms with Crippen LogP contribution >= 0.6 is 15.9 Å². The Morgan fingerprint density at radius 1 is 1.04 bits per heavy atom. The summed E-state index contributed by atoms with van der Waals surface area (Å²) in [6, 6.07) is 16.7. The first-order valence-corrected chi connectivity index (χ1v) is 9.08. The van der Waals surface area contributed by atoms with Gasteiger partial charge in [0.05, 0.1) is 17.1 Å². The van der Waals surface area contributed by atoms with Gasteiger partial charge in [-0.2, -0.15) is 0 Å². The van der Waals surface area contributed by atoms with Crippen molar-refractivity contribution in [2.45, 2.75) is 6.92 Å². The first kappa shape index (κ1) is 18.9. The Bertz CT molecular complexity index is 1020. The molecule has 3 rings (SSSR count). The van der Waals surface area contributed by atoms with Crippen molar-refractivity contribution in [3.8, 4) is 5.75 Å². The van der Waals surface area contributed by atoms with E-state index >= 15 is 0 Å². The number of amides is 1. The maximum absolute atomic E-state index is 12.3. The Balaban J connectivity index is 1.71. The van der Waals surface area contributed by atoms with Gasteiger partial charge in [0.2, 0.25) is 0 Å². The van der Waals surface area contributed by atoms with E-state index in [0.717, 1.165) is 15.2 Å². The molecule has 0 unspecified atom stereocenters. The summed E-state index contributed by atoms with van der Waals surface area (Å²) < 4.78 is 11.2. The third kappa shape index (κ3) is 4.11. The van der Waals surface area contributed by atoms with Crippen LogP contribution in [0.3, 0.4) is 0 Å². The minimum Gasteiger partial charge on any atom is -0.483 e. The number of hydrogen-bond donors (Lipinski definition) is 1. The molecule has 0 aliphatic heterocycles. The Kier molecular flexibility index (Phi) is 5.76. The van der Waals surface area contributed by atoms with E-state index < -0.39 is 5.97 Å². The van der Waals surface area contributed by atoms with Crippen molar-refractivity contribution in [1.29, 1.82) is 0 Å². The molecule has 3 aromatic rings. The smallest absolute Gasteiger partial charge is 0.338 e. The summed E-state index contributed by atoms with van der Waals surface area (Å²) in [4.78, 5) is 24.1. The second kappa shape index (κ2) is 8.22. The Hall–Kier alpha value is -2.86. The van der Waals surface area contributed by atoms with Gasteiger partial charge >= 0.3 is 5.97 Å². The topological polar surface area (TPSA) is 64.6 Å². The van der Waals surface area contributed by atoms with E-state index in [9.17, 15) is 9.59 Å². The summed E-state index contributed by atoms with van der Waals surface area (Å²) in [6.07, 6.45) is 0. The summed E-state index contributed by atoms with van der Waals surface area (Å²) in [6.45, 7) is 1.60.